The number of benzene rings is 2. The second-order valence-electron chi connectivity index (χ2n) is 15.8. The molecule has 0 spiro atoms. The van der Waals surface area contributed by atoms with E-state index >= 15 is 0 Å². The van der Waals surface area contributed by atoms with Gasteiger partial charge in [0.15, 0.2) is 0 Å². The summed E-state index contributed by atoms with van der Waals surface area (Å²) in [5.74, 6) is 0. The Morgan fingerprint density at radius 3 is 0.942 bits per heavy atom. The Labute approximate surface area is 322 Å². The van der Waals surface area contributed by atoms with Gasteiger partial charge in [0, 0.05) is 22.3 Å². The molecule has 0 aliphatic carbocycles. The van der Waals surface area contributed by atoms with Crippen molar-refractivity contribution in [3.8, 4) is 0 Å². The molecule has 290 valence electrons. The van der Waals surface area contributed by atoms with Crippen LogP contribution in [-0.4, -0.2) is 4.70 Å². The molecule has 3 rings (SSSR count). The van der Waals surface area contributed by atoms with Crippen molar-refractivity contribution in [2.24, 2.45) is 0 Å². The number of hydrogen-bond donors (Lipinski definition) is 0. The molecule has 0 bridgehead atoms. The van der Waals surface area contributed by atoms with Crippen LogP contribution in [0.1, 0.15) is 228 Å². The Balaban J connectivity index is 1.81. The maximum Gasteiger partial charge on any atom is 0.211 e. The maximum absolute atomic E-state index is 12.5. The number of aryl methyl sites for hydroxylation is 4. The van der Waals surface area contributed by atoms with Crippen LogP contribution in [0.15, 0.2) is 35.4 Å². The normalized spacial score (nSPS) is 13.3. The average molecular weight is 709 g/mol. The molecule has 0 N–H and O–H groups in total. The summed E-state index contributed by atoms with van der Waals surface area (Å²) < 4.78 is 1.65. The van der Waals surface area contributed by atoms with Crippen LogP contribution in [0.4, 0.5) is 0 Å². The zero-order chi connectivity index (χ0) is 37.7. The lowest BCUT2D eigenvalue weighted by atomic mass is 9.88. The Hall–Kier alpha value is -2.48. The van der Waals surface area contributed by atoms with Gasteiger partial charge in [-0.25, -0.2) is 4.70 Å². The molecule has 2 nitrogen and oxygen atoms in total. The Kier molecular flexibility index (Phi) is 20.9. The molecule has 1 aliphatic heterocycles. The Bertz CT molecular complexity index is 1390. The number of hydrogen-bond acceptors (Lipinski definition) is 0. The van der Waals surface area contributed by atoms with Crippen molar-refractivity contribution in [2.45, 2.75) is 222 Å². The van der Waals surface area contributed by atoms with Crippen LogP contribution < -0.4 is 0 Å². The fraction of sp³-hybridized carbons (Fsp3) is 0.680. The monoisotopic (exact) mass is 709 g/mol. The number of allylic oxidation sites excluding steroid dienone is 2. The molecule has 2 aromatic carbocycles. The molecule has 0 aromatic heterocycles. The van der Waals surface area contributed by atoms with Crippen molar-refractivity contribution >= 4 is 11.4 Å². The molecule has 0 fully saturated rings. The lowest BCUT2D eigenvalue weighted by Gasteiger charge is -2.17. The Morgan fingerprint density at radius 1 is 0.365 bits per heavy atom. The van der Waals surface area contributed by atoms with Gasteiger partial charge >= 0.3 is 0 Å². The number of nitrogens with zero attached hydrogens (tertiary/aromatic N) is 2. The van der Waals surface area contributed by atoms with Crippen LogP contribution in [0, 0.1) is 0 Å². The first-order valence-electron chi connectivity index (χ1n) is 22.7. The summed E-state index contributed by atoms with van der Waals surface area (Å²) in [5.41, 5.74) is 28.5. The van der Waals surface area contributed by atoms with Gasteiger partial charge in [-0.2, -0.15) is 0 Å². The predicted octanol–water partition coefficient (Wildman–Crippen LogP) is 16.1. The topological polar surface area (TPSA) is 25.3 Å². The number of unbranched alkanes of at least 4 members (excludes halogenated alkanes) is 16. The van der Waals surface area contributed by atoms with Crippen LogP contribution in [0.25, 0.3) is 16.9 Å². The molecule has 52 heavy (non-hydrogen) atoms. The molecule has 1 aliphatic rings. The smallest absolute Gasteiger partial charge is 0.211 e. The molecule has 0 amide bonds. The fourth-order valence-electron chi connectivity index (χ4n) is 9.03. The third-order valence-corrected chi connectivity index (χ3v) is 12.1. The molecule has 0 saturated carbocycles. The average Bonchev–Trinajstić information content (AvgIpc) is 3.45. The van der Waals surface area contributed by atoms with Crippen LogP contribution in [0.3, 0.4) is 0 Å². The minimum Gasteiger partial charge on any atom is -0.493 e. The molecule has 0 atom stereocenters. The number of rotatable bonds is 28. The minimum absolute atomic E-state index is 1.02. The molecular weight excluding hydrogens is 629 g/mol. The van der Waals surface area contributed by atoms with Crippen molar-refractivity contribution in [2.75, 3.05) is 0 Å². The minimum atomic E-state index is 1.02. The first-order valence-corrected chi connectivity index (χ1v) is 22.7. The second kappa shape index (κ2) is 24.8. The SMILES string of the molecule is CCCCCCCCCCCCCCCCCCC1=C(c2cc(CC)c(CC)c(CC)c2)[N+](=[N-])C(c2cc(CC)c(CC)c(CC)c2)=C1CCCC. The summed E-state index contributed by atoms with van der Waals surface area (Å²) in [4.78, 5) is 0. The van der Waals surface area contributed by atoms with E-state index in [-0.39, 0.29) is 0 Å². The first-order chi connectivity index (χ1) is 25.4. The standard InChI is InChI=1S/C50H80N2/c1-9-17-19-20-21-22-23-24-25-26-27-28-29-30-31-32-34-48-47(33-18-10-2)49(43-35-39(11-3)45(15-7)40(12-4)36-43)52(51)50(48)44-37-41(13-5)46(16-8)42(14-6)38-44/h35-38H,9-34H2,1-8H3. The van der Waals surface area contributed by atoms with Gasteiger partial charge in [-0.1, -0.05) is 158 Å². The van der Waals surface area contributed by atoms with Gasteiger partial charge in [-0.15, -0.1) is 0 Å². The summed E-state index contributed by atoms with van der Waals surface area (Å²) in [6.45, 7) is 18.3. The molecule has 0 saturated heterocycles. The van der Waals surface area contributed by atoms with Gasteiger partial charge in [0.1, 0.15) is 0 Å². The Morgan fingerprint density at radius 2 is 0.654 bits per heavy atom. The fourth-order valence-corrected chi connectivity index (χ4v) is 9.03. The van der Waals surface area contributed by atoms with Crippen molar-refractivity contribution in [1.29, 1.82) is 0 Å². The van der Waals surface area contributed by atoms with E-state index in [0.29, 0.717) is 0 Å². The van der Waals surface area contributed by atoms with Gasteiger partial charge in [0.05, 0.1) is 0 Å². The summed E-state index contributed by atoms with van der Waals surface area (Å²) in [7, 11) is 0. The highest BCUT2D eigenvalue weighted by Crippen LogP contribution is 2.46. The van der Waals surface area contributed by atoms with Crippen LogP contribution in [0.5, 0.6) is 0 Å². The zero-order valence-corrected chi connectivity index (χ0v) is 35.6. The van der Waals surface area contributed by atoms with Crippen molar-refractivity contribution in [3.05, 3.63) is 85.5 Å². The van der Waals surface area contributed by atoms with E-state index in [4.69, 9.17) is 0 Å². The van der Waals surface area contributed by atoms with Gasteiger partial charge in [-0.05, 0) is 122 Å². The lowest BCUT2D eigenvalue weighted by molar-refractivity contribution is -0.345. The molecule has 2 heteroatoms. The summed E-state index contributed by atoms with van der Waals surface area (Å²) in [6, 6.07) is 9.65. The molecule has 0 unspecified atom stereocenters. The van der Waals surface area contributed by atoms with Crippen LogP contribution in [0.2, 0.25) is 0 Å². The summed E-state index contributed by atoms with van der Waals surface area (Å²) in [6.07, 6.45) is 32.8. The molecule has 2 aromatic rings. The lowest BCUT2D eigenvalue weighted by Crippen LogP contribution is -2.07. The molecule has 1 heterocycles. The van der Waals surface area contributed by atoms with Crippen molar-refractivity contribution in [3.63, 3.8) is 0 Å². The third-order valence-electron chi connectivity index (χ3n) is 12.1. The maximum atomic E-state index is 12.5. The van der Waals surface area contributed by atoms with E-state index in [1.54, 1.807) is 4.70 Å². The summed E-state index contributed by atoms with van der Waals surface area (Å²) in [5, 5.41) is 0. The highest BCUT2D eigenvalue weighted by atomic mass is 15.2. The van der Waals surface area contributed by atoms with E-state index in [2.05, 4.69) is 79.7 Å². The van der Waals surface area contributed by atoms with E-state index < -0.39 is 0 Å². The second-order valence-corrected chi connectivity index (χ2v) is 15.8. The summed E-state index contributed by atoms with van der Waals surface area (Å²) >= 11 is 0. The predicted molar refractivity (Wildman–Crippen MR) is 230 cm³/mol. The van der Waals surface area contributed by atoms with Gasteiger partial charge in [-0.3, -0.25) is 0 Å². The van der Waals surface area contributed by atoms with E-state index in [9.17, 15) is 5.53 Å². The van der Waals surface area contributed by atoms with Crippen molar-refractivity contribution < 1.29 is 4.70 Å². The van der Waals surface area contributed by atoms with Crippen molar-refractivity contribution in [1.82, 2.24) is 0 Å². The van der Waals surface area contributed by atoms with Gasteiger partial charge < -0.3 is 5.53 Å². The van der Waals surface area contributed by atoms with E-state index in [1.165, 1.54) is 158 Å². The molecular formula is C50H80N2. The van der Waals surface area contributed by atoms with Gasteiger partial charge in [0.2, 0.25) is 11.4 Å². The largest absolute Gasteiger partial charge is 0.493 e. The van der Waals surface area contributed by atoms with Crippen LogP contribution in [-0.2, 0) is 38.5 Å². The van der Waals surface area contributed by atoms with Gasteiger partial charge in [0.25, 0.3) is 0 Å². The van der Waals surface area contributed by atoms with Crippen LogP contribution >= 0.6 is 0 Å². The zero-order valence-electron chi connectivity index (χ0n) is 35.6. The van der Waals surface area contributed by atoms with E-state index in [1.807, 2.05) is 0 Å². The van der Waals surface area contributed by atoms with E-state index in [0.717, 1.165) is 75.6 Å². The molecule has 0 radical (unpaired) electrons. The quantitative estimate of drug-likeness (QED) is 0.0621. The first kappa shape index (κ1) is 43.9. The highest BCUT2D eigenvalue weighted by molar-refractivity contribution is 5.83. The third kappa shape index (κ3) is 12.3. The highest BCUT2D eigenvalue weighted by Gasteiger charge is 2.36.